The zero-order chi connectivity index (χ0) is 15.1. The van der Waals surface area contributed by atoms with Gasteiger partial charge in [0.15, 0.2) is 17.5 Å². The molecule has 0 aliphatic heterocycles. The van der Waals surface area contributed by atoms with Gasteiger partial charge in [0.25, 0.3) is 0 Å². The van der Waals surface area contributed by atoms with E-state index in [4.69, 9.17) is 0 Å². The van der Waals surface area contributed by atoms with Crippen LogP contribution in [0.3, 0.4) is 0 Å². The highest BCUT2D eigenvalue weighted by atomic mass is 19.2. The van der Waals surface area contributed by atoms with E-state index in [0.717, 1.165) is 31.4 Å². The molecular formula is C15H16F3NO2. The van der Waals surface area contributed by atoms with E-state index >= 15 is 0 Å². The van der Waals surface area contributed by atoms with Crippen molar-refractivity contribution in [1.29, 1.82) is 0 Å². The molecule has 6 heteroatoms. The molecule has 1 amide bonds. The van der Waals surface area contributed by atoms with Crippen molar-refractivity contribution in [1.82, 2.24) is 5.32 Å². The third kappa shape index (κ3) is 2.52. The second-order valence-corrected chi connectivity index (χ2v) is 5.83. The molecule has 1 aromatic carbocycles. The number of benzene rings is 1. The van der Waals surface area contributed by atoms with Crippen molar-refractivity contribution in [3.8, 4) is 0 Å². The number of hydrogen-bond acceptors (Lipinski definition) is 2. The number of aliphatic hydroxyl groups is 1. The van der Waals surface area contributed by atoms with Crippen molar-refractivity contribution >= 4 is 5.91 Å². The van der Waals surface area contributed by atoms with Crippen molar-refractivity contribution < 1.29 is 23.1 Å². The van der Waals surface area contributed by atoms with E-state index in [1.165, 1.54) is 0 Å². The number of aliphatic hydroxyl groups excluding tert-OH is 1. The van der Waals surface area contributed by atoms with Gasteiger partial charge >= 0.3 is 0 Å². The second kappa shape index (κ2) is 5.33. The first-order chi connectivity index (χ1) is 10.0. The Morgan fingerprint density at radius 1 is 1.24 bits per heavy atom. The van der Waals surface area contributed by atoms with E-state index in [1.807, 2.05) is 0 Å². The predicted octanol–water partition coefficient (Wildman–Crippen LogP) is 2.30. The van der Waals surface area contributed by atoms with Crippen molar-refractivity contribution in [2.45, 2.75) is 25.3 Å². The first-order valence-corrected chi connectivity index (χ1v) is 7.08. The van der Waals surface area contributed by atoms with Crippen molar-refractivity contribution in [3.63, 3.8) is 0 Å². The Bertz CT molecular complexity index is 545. The maximum Gasteiger partial charge on any atom is 0.224 e. The molecule has 0 bridgehead atoms. The Morgan fingerprint density at radius 3 is 2.33 bits per heavy atom. The molecule has 2 fully saturated rings. The van der Waals surface area contributed by atoms with Crippen LogP contribution in [-0.4, -0.2) is 17.6 Å². The summed E-state index contributed by atoms with van der Waals surface area (Å²) in [4.78, 5) is 12.1. The van der Waals surface area contributed by atoms with Crippen molar-refractivity contribution in [2.75, 3.05) is 6.61 Å². The van der Waals surface area contributed by atoms with Gasteiger partial charge in [0, 0.05) is 5.92 Å². The topological polar surface area (TPSA) is 49.3 Å². The quantitative estimate of drug-likeness (QED) is 0.838. The van der Waals surface area contributed by atoms with Gasteiger partial charge in [-0.2, -0.15) is 0 Å². The van der Waals surface area contributed by atoms with Gasteiger partial charge in [0.2, 0.25) is 5.91 Å². The summed E-state index contributed by atoms with van der Waals surface area (Å²) >= 11 is 0. The Labute approximate surface area is 120 Å². The summed E-state index contributed by atoms with van der Waals surface area (Å²) in [5.41, 5.74) is 0.0214. The van der Waals surface area contributed by atoms with Crippen LogP contribution in [0, 0.1) is 35.2 Å². The lowest BCUT2D eigenvalue weighted by atomic mass is 10.1. The van der Waals surface area contributed by atoms with Crippen LogP contribution in [0.5, 0.6) is 0 Å². The summed E-state index contributed by atoms with van der Waals surface area (Å²) in [7, 11) is 0. The lowest BCUT2D eigenvalue weighted by Crippen LogP contribution is -2.33. The van der Waals surface area contributed by atoms with Gasteiger partial charge in [-0.3, -0.25) is 4.79 Å². The molecule has 2 N–H and O–H groups in total. The van der Waals surface area contributed by atoms with Gasteiger partial charge in [0.1, 0.15) is 0 Å². The smallest absolute Gasteiger partial charge is 0.224 e. The molecule has 3 unspecified atom stereocenters. The minimum absolute atomic E-state index is 0.0214. The number of fused-ring (bicyclic) bond motifs is 1. The van der Waals surface area contributed by atoms with Crippen LogP contribution in [0.25, 0.3) is 0 Å². The van der Waals surface area contributed by atoms with Crippen molar-refractivity contribution in [3.05, 3.63) is 35.1 Å². The summed E-state index contributed by atoms with van der Waals surface area (Å²) in [5.74, 6) is -3.66. The Hall–Kier alpha value is -1.56. The number of halogens is 3. The van der Waals surface area contributed by atoms with Gasteiger partial charge in [0.05, 0.1) is 12.6 Å². The summed E-state index contributed by atoms with van der Waals surface area (Å²) in [6, 6.07) is 0.670. The van der Waals surface area contributed by atoms with Crippen LogP contribution >= 0.6 is 0 Å². The lowest BCUT2D eigenvalue weighted by molar-refractivity contribution is -0.124. The van der Waals surface area contributed by atoms with Crippen LogP contribution in [-0.2, 0) is 4.79 Å². The Balaban J connectivity index is 1.72. The van der Waals surface area contributed by atoms with E-state index < -0.39 is 30.1 Å². The fourth-order valence-electron chi connectivity index (χ4n) is 3.49. The molecule has 2 aliphatic rings. The van der Waals surface area contributed by atoms with E-state index in [1.54, 1.807) is 0 Å². The van der Waals surface area contributed by atoms with Gasteiger partial charge in [-0.15, -0.1) is 0 Å². The molecule has 0 radical (unpaired) electrons. The number of hydrogen-bond donors (Lipinski definition) is 2. The fourth-order valence-corrected chi connectivity index (χ4v) is 3.49. The van der Waals surface area contributed by atoms with Crippen LogP contribution in [0.1, 0.15) is 30.9 Å². The highest BCUT2D eigenvalue weighted by molar-refractivity contribution is 5.82. The highest BCUT2D eigenvalue weighted by Gasteiger charge is 2.56. The Kier molecular flexibility index (Phi) is 3.65. The highest BCUT2D eigenvalue weighted by Crippen LogP contribution is 2.57. The summed E-state index contributed by atoms with van der Waals surface area (Å²) in [6.07, 6.45) is 3.20. The standard InChI is InChI=1S/C15H16F3NO2/c16-10-4-7(5-11(17)14(10)18)12(6-20)19-15(21)13-8-2-1-3-9(8)13/h4-5,8-9,12-13,20H,1-3,6H2,(H,19,21). The fraction of sp³-hybridized carbons (Fsp3) is 0.533. The number of carbonyl (C=O) groups is 1. The molecule has 0 aromatic heterocycles. The number of carbonyl (C=O) groups excluding carboxylic acids is 1. The van der Waals surface area contributed by atoms with E-state index in [-0.39, 0.29) is 17.4 Å². The van der Waals surface area contributed by atoms with E-state index in [9.17, 15) is 23.1 Å². The molecule has 3 rings (SSSR count). The first-order valence-electron chi connectivity index (χ1n) is 7.08. The maximum absolute atomic E-state index is 13.2. The summed E-state index contributed by atoms with van der Waals surface area (Å²) < 4.78 is 39.4. The molecule has 21 heavy (non-hydrogen) atoms. The third-order valence-electron chi connectivity index (χ3n) is 4.62. The lowest BCUT2D eigenvalue weighted by Gasteiger charge is -2.18. The average molecular weight is 299 g/mol. The summed E-state index contributed by atoms with van der Waals surface area (Å²) in [6.45, 7) is -0.502. The van der Waals surface area contributed by atoms with Crippen molar-refractivity contribution in [2.24, 2.45) is 17.8 Å². The minimum atomic E-state index is -1.56. The molecule has 1 aromatic rings. The average Bonchev–Trinajstić information content (AvgIpc) is 2.94. The zero-order valence-corrected chi connectivity index (χ0v) is 11.3. The van der Waals surface area contributed by atoms with Gasteiger partial charge in [-0.05, 0) is 42.4 Å². The molecule has 0 heterocycles. The molecule has 3 atom stereocenters. The number of amides is 1. The minimum Gasteiger partial charge on any atom is -0.394 e. The SMILES string of the molecule is O=C(NC(CO)c1cc(F)c(F)c(F)c1)C1C2CCCC21. The molecular weight excluding hydrogens is 283 g/mol. The molecule has 0 spiro atoms. The second-order valence-electron chi connectivity index (χ2n) is 5.83. The van der Waals surface area contributed by atoms with Gasteiger partial charge < -0.3 is 10.4 Å². The van der Waals surface area contributed by atoms with E-state index in [2.05, 4.69) is 5.32 Å². The van der Waals surface area contributed by atoms with Crippen LogP contribution in [0.4, 0.5) is 13.2 Å². The normalized spacial score (nSPS) is 28.1. The molecule has 2 aliphatic carbocycles. The molecule has 3 nitrogen and oxygen atoms in total. The number of nitrogens with one attached hydrogen (secondary N) is 1. The maximum atomic E-state index is 13.2. The van der Waals surface area contributed by atoms with Crippen LogP contribution in [0.15, 0.2) is 12.1 Å². The number of rotatable bonds is 4. The Morgan fingerprint density at radius 2 is 1.81 bits per heavy atom. The molecule has 114 valence electrons. The van der Waals surface area contributed by atoms with E-state index in [0.29, 0.717) is 11.8 Å². The largest absolute Gasteiger partial charge is 0.394 e. The predicted molar refractivity (Wildman–Crippen MR) is 68.6 cm³/mol. The zero-order valence-electron chi connectivity index (χ0n) is 11.3. The van der Waals surface area contributed by atoms with Gasteiger partial charge in [-0.1, -0.05) is 6.42 Å². The van der Waals surface area contributed by atoms with Crippen LogP contribution < -0.4 is 5.32 Å². The molecule has 2 saturated carbocycles. The third-order valence-corrected chi connectivity index (χ3v) is 4.62. The van der Waals surface area contributed by atoms with Crippen LogP contribution in [0.2, 0.25) is 0 Å². The summed E-state index contributed by atoms with van der Waals surface area (Å²) in [5, 5.41) is 11.9. The van der Waals surface area contributed by atoms with Gasteiger partial charge in [-0.25, -0.2) is 13.2 Å². The monoisotopic (exact) mass is 299 g/mol. The first kappa shape index (κ1) is 14.4. The molecule has 0 saturated heterocycles.